The Morgan fingerprint density at radius 3 is 2.02 bits per heavy atom. The number of nitrogens with zero attached hydrogens (tertiary/aromatic N) is 3. The highest BCUT2D eigenvalue weighted by Crippen LogP contribution is 2.23. The lowest BCUT2D eigenvalue weighted by atomic mass is 10.00. The summed E-state index contributed by atoms with van der Waals surface area (Å²) in [5, 5.41) is 22.5. The molecular weight excluding hydrogens is 558 g/mol. The normalized spacial score (nSPS) is 13.0. The van der Waals surface area contributed by atoms with Crippen molar-refractivity contribution in [1.29, 1.82) is 0 Å². The van der Waals surface area contributed by atoms with E-state index in [2.05, 4.69) is 104 Å². The Labute approximate surface area is 267 Å². The fraction of sp³-hybridized carbons (Fsp3) is 0.351. The molecule has 0 aliphatic rings. The molecule has 0 saturated heterocycles. The van der Waals surface area contributed by atoms with E-state index in [1.54, 1.807) is 0 Å². The van der Waals surface area contributed by atoms with Gasteiger partial charge in [-0.05, 0) is 66.8 Å². The number of fused-ring (bicyclic) bond motifs is 1. The Morgan fingerprint density at radius 2 is 1.42 bits per heavy atom. The van der Waals surface area contributed by atoms with Crippen LogP contribution in [0, 0.1) is 6.92 Å². The first kappa shape index (κ1) is 32.5. The largest absolute Gasteiger partial charge is 0.392 e. The second-order valence-corrected chi connectivity index (χ2v) is 11.8. The fourth-order valence-corrected chi connectivity index (χ4v) is 5.64. The van der Waals surface area contributed by atoms with E-state index in [1.807, 2.05) is 43.6 Å². The van der Waals surface area contributed by atoms with Crippen LogP contribution in [0.4, 0.5) is 0 Å². The summed E-state index contributed by atoms with van der Waals surface area (Å²) in [7, 11) is 0. The molecular formula is C37H47N7O. The third-order valence-electron chi connectivity index (χ3n) is 8.30. The molecule has 2 aromatic carbocycles. The van der Waals surface area contributed by atoms with Gasteiger partial charge in [0.25, 0.3) is 0 Å². The molecule has 2 unspecified atom stereocenters. The van der Waals surface area contributed by atoms with Gasteiger partial charge < -0.3 is 26.0 Å². The van der Waals surface area contributed by atoms with Crippen molar-refractivity contribution in [2.24, 2.45) is 0 Å². The van der Waals surface area contributed by atoms with Crippen LogP contribution in [0.1, 0.15) is 40.6 Å². The van der Waals surface area contributed by atoms with Crippen molar-refractivity contribution < 1.29 is 5.11 Å². The lowest BCUT2D eigenvalue weighted by Gasteiger charge is -2.23. The van der Waals surface area contributed by atoms with E-state index in [0.717, 1.165) is 63.6 Å². The Bertz CT molecular complexity index is 1510. The molecule has 236 valence electrons. The molecule has 0 spiro atoms. The van der Waals surface area contributed by atoms with Crippen molar-refractivity contribution in [3.05, 3.63) is 131 Å². The minimum absolute atomic E-state index is 0.0446. The first-order chi connectivity index (χ1) is 22.0. The number of aromatic nitrogens is 3. The zero-order valence-corrected chi connectivity index (χ0v) is 26.5. The average molecular weight is 606 g/mol. The van der Waals surface area contributed by atoms with Crippen LogP contribution in [0.3, 0.4) is 0 Å². The number of hydrogen-bond acceptors (Lipinski definition) is 7. The van der Waals surface area contributed by atoms with Gasteiger partial charge in [0.1, 0.15) is 0 Å². The molecule has 45 heavy (non-hydrogen) atoms. The predicted molar refractivity (Wildman–Crippen MR) is 183 cm³/mol. The van der Waals surface area contributed by atoms with Crippen LogP contribution in [0.2, 0.25) is 0 Å². The standard InChI is InChI=1S/C37H47N7O/c1-28-8-7-11-35-32(24-43-37(28)35)22-36(29(2)45)42-23-30-12-14-31(15-13-30)27-44(20-18-38-25-33-9-3-5-16-40-33)21-19-39-26-34-10-4-6-17-41-34/h3-17,24,29,36,38-39,42-43,45H,18-23,25-27H2,1-2H3. The monoisotopic (exact) mass is 605 g/mol. The topological polar surface area (TPSA) is 101 Å². The molecule has 8 nitrogen and oxygen atoms in total. The summed E-state index contributed by atoms with van der Waals surface area (Å²) in [5.74, 6) is 0. The smallest absolute Gasteiger partial charge is 0.0668 e. The zero-order valence-electron chi connectivity index (χ0n) is 26.5. The minimum atomic E-state index is -0.467. The maximum atomic E-state index is 10.6. The summed E-state index contributed by atoms with van der Waals surface area (Å²) in [6, 6.07) is 27.2. The molecule has 5 aromatic rings. The molecule has 0 aliphatic carbocycles. The Morgan fingerprint density at radius 1 is 0.778 bits per heavy atom. The number of nitrogens with one attached hydrogen (secondary N) is 4. The minimum Gasteiger partial charge on any atom is -0.392 e. The Hall–Kier alpha value is -3.92. The molecule has 5 N–H and O–H groups in total. The van der Waals surface area contributed by atoms with Gasteiger partial charge >= 0.3 is 0 Å². The van der Waals surface area contributed by atoms with E-state index in [0.29, 0.717) is 6.54 Å². The van der Waals surface area contributed by atoms with Crippen molar-refractivity contribution in [3.8, 4) is 0 Å². The van der Waals surface area contributed by atoms with Gasteiger partial charge in [-0.25, -0.2) is 0 Å². The van der Waals surface area contributed by atoms with Crippen LogP contribution >= 0.6 is 0 Å². The van der Waals surface area contributed by atoms with E-state index in [4.69, 9.17) is 0 Å². The number of pyridine rings is 2. The van der Waals surface area contributed by atoms with E-state index in [9.17, 15) is 5.11 Å². The zero-order chi connectivity index (χ0) is 31.3. The summed E-state index contributed by atoms with van der Waals surface area (Å²) in [6.45, 7) is 10.7. The number of aryl methyl sites for hydroxylation is 1. The lowest BCUT2D eigenvalue weighted by molar-refractivity contribution is 0.144. The van der Waals surface area contributed by atoms with E-state index in [1.165, 1.54) is 33.2 Å². The second kappa shape index (κ2) is 17.0. The third kappa shape index (κ3) is 10.0. The number of H-pyrrole nitrogens is 1. The molecule has 0 bridgehead atoms. The van der Waals surface area contributed by atoms with Gasteiger partial charge in [-0.1, -0.05) is 54.6 Å². The average Bonchev–Trinajstić information content (AvgIpc) is 3.48. The van der Waals surface area contributed by atoms with Crippen LogP contribution in [0.5, 0.6) is 0 Å². The van der Waals surface area contributed by atoms with Crippen molar-refractivity contribution in [3.63, 3.8) is 0 Å². The molecule has 0 aliphatic heterocycles. The molecule has 0 amide bonds. The van der Waals surface area contributed by atoms with Gasteiger partial charge in [-0.15, -0.1) is 0 Å². The Balaban J connectivity index is 1.13. The Kier molecular flexibility index (Phi) is 12.2. The highest BCUT2D eigenvalue weighted by Gasteiger charge is 2.18. The summed E-state index contributed by atoms with van der Waals surface area (Å²) in [5.41, 5.74) is 8.25. The fourth-order valence-electron chi connectivity index (χ4n) is 5.64. The predicted octanol–water partition coefficient (Wildman–Crippen LogP) is 4.73. The number of para-hydroxylation sites is 1. The summed E-state index contributed by atoms with van der Waals surface area (Å²) >= 11 is 0. The number of aliphatic hydroxyl groups excluding tert-OH is 1. The number of rotatable bonds is 18. The summed E-state index contributed by atoms with van der Waals surface area (Å²) < 4.78 is 0. The van der Waals surface area contributed by atoms with Gasteiger partial charge in [-0.3, -0.25) is 14.9 Å². The highest BCUT2D eigenvalue weighted by atomic mass is 16.3. The molecule has 0 radical (unpaired) electrons. The number of aliphatic hydroxyl groups is 1. The number of aromatic amines is 1. The van der Waals surface area contributed by atoms with Gasteiger partial charge in [0.2, 0.25) is 0 Å². The highest BCUT2D eigenvalue weighted by molar-refractivity contribution is 5.85. The summed E-state index contributed by atoms with van der Waals surface area (Å²) in [6.07, 6.45) is 6.05. The van der Waals surface area contributed by atoms with Crippen LogP contribution in [-0.4, -0.2) is 63.3 Å². The lowest BCUT2D eigenvalue weighted by Crippen LogP contribution is -2.39. The molecule has 3 aromatic heterocycles. The van der Waals surface area contributed by atoms with Gasteiger partial charge in [0, 0.05) is 87.9 Å². The molecule has 2 atom stereocenters. The first-order valence-electron chi connectivity index (χ1n) is 16.0. The quantitative estimate of drug-likeness (QED) is 0.0921. The van der Waals surface area contributed by atoms with Crippen molar-refractivity contribution >= 4 is 10.9 Å². The maximum absolute atomic E-state index is 10.6. The van der Waals surface area contributed by atoms with Gasteiger partial charge in [0.05, 0.1) is 17.5 Å². The molecule has 0 fully saturated rings. The van der Waals surface area contributed by atoms with Gasteiger partial charge in [-0.2, -0.15) is 0 Å². The SMILES string of the molecule is Cc1cccc2c(CC(NCc3ccc(CN(CCNCc4ccccn4)CCNCc4ccccn4)cc3)C(C)O)c[nH]c12. The maximum Gasteiger partial charge on any atom is 0.0668 e. The number of benzene rings is 2. The van der Waals surface area contributed by atoms with Crippen molar-refractivity contribution in [2.45, 2.75) is 58.6 Å². The molecule has 5 rings (SSSR count). The number of hydrogen-bond donors (Lipinski definition) is 5. The molecule has 8 heteroatoms. The van der Waals surface area contributed by atoms with Crippen molar-refractivity contribution in [2.75, 3.05) is 26.2 Å². The van der Waals surface area contributed by atoms with E-state index in [-0.39, 0.29) is 6.04 Å². The van der Waals surface area contributed by atoms with E-state index >= 15 is 0 Å². The molecule has 3 heterocycles. The first-order valence-corrected chi connectivity index (χ1v) is 16.0. The third-order valence-corrected chi connectivity index (χ3v) is 8.30. The van der Waals surface area contributed by atoms with Crippen LogP contribution in [-0.2, 0) is 32.6 Å². The van der Waals surface area contributed by atoms with Crippen LogP contribution < -0.4 is 16.0 Å². The van der Waals surface area contributed by atoms with E-state index < -0.39 is 6.10 Å². The van der Waals surface area contributed by atoms with Crippen molar-refractivity contribution in [1.82, 2.24) is 35.8 Å². The summed E-state index contributed by atoms with van der Waals surface area (Å²) in [4.78, 5) is 14.7. The second-order valence-electron chi connectivity index (χ2n) is 11.8. The van der Waals surface area contributed by atoms with Crippen LogP contribution in [0.15, 0.2) is 97.5 Å². The van der Waals surface area contributed by atoms with Crippen LogP contribution in [0.25, 0.3) is 10.9 Å². The molecule has 0 saturated carbocycles. The van der Waals surface area contributed by atoms with Gasteiger partial charge in [0.15, 0.2) is 0 Å².